The van der Waals surface area contributed by atoms with E-state index in [1.54, 1.807) is 13.8 Å². The predicted octanol–water partition coefficient (Wildman–Crippen LogP) is 2.65. The minimum Gasteiger partial charge on any atom is -0.289 e. The summed E-state index contributed by atoms with van der Waals surface area (Å²) in [6.07, 6.45) is 3.04. The topological polar surface area (TPSA) is 89.6 Å². The average Bonchev–Trinajstić information content (AvgIpc) is 2.44. The Morgan fingerprint density at radius 2 is 1.81 bits per heavy atom. The third kappa shape index (κ3) is 3.17. The van der Waals surface area contributed by atoms with E-state index < -0.39 is 10.8 Å². The molecule has 6 heteroatoms. The maximum absolute atomic E-state index is 12.0. The lowest BCUT2D eigenvalue weighted by atomic mass is 9.98. The van der Waals surface area contributed by atoms with Gasteiger partial charge in [0, 0.05) is 17.7 Å². The van der Waals surface area contributed by atoms with E-state index in [2.05, 4.69) is 4.99 Å². The highest BCUT2D eigenvalue weighted by molar-refractivity contribution is 6.23. The van der Waals surface area contributed by atoms with Crippen LogP contribution in [0.2, 0.25) is 0 Å². The zero-order valence-corrected chi connectivity index (χ0v) is 11.5. The molecule has 0 unspecified atom stereocenters. The van der Waals surface area contributed by atoms with Crippen molar-refractivity contribution in [2.45, 2.75) is 13.8 Å². The molecule has 0 heterocycles. The fourth-order valence-electron chi connectivity index (χ4n) is 1.93. The van der Waals surface area contributed by atoms with Crippen LogP contribution in [0.25, 0.3) is 0 Å². The van der Waals surface area contributed by atoms with Gasteiger partial charge in [-0.2, -0.15) is 0 Å². The van der Waals surface area contributed by atoms with Crippen molar-refractivity contribution in [3.05, 3.63) is 63.2 Å². The number of benzene rings is 1. The van der Waals surface area contributed by atoms with Crippen LogP contribution in [0.3, 0.4) is 0 Å². The summed E-state index contributed by atoms with van der Waals surface area (Å²) in [7, 11) is 0. The van der Waals surface area contributed by atoms with Crippen LogP contribution in [-0.2, 0) is 4.79 Å². The van der Waals surface area contributed by atoms with Gasteiger partial charge in [-0.25, -0.2) is 4.99 Å². The molecule has 1 amide bonds. The number of amides is 1. The van der Waals surface area contributed by atoms with E-state index >= 15 is 0 Å². The molecule has 0 saturated heterocycles. The average molecular weight is 284 g/mol. The number of allylic oxidation sites excluding steroid dienone is 4. The third-order valence-electron chi connectivity index (χ3n) is 2.98. The summed E-state index contributed by atoms with van der Waals surface area (Å²) in [5.74, 6) is -0.673. The first-order valence-corrected chi connectivity index (χ1v) is 6.17. The first-order valence-electron chi connectivity index (χ1n) is 6.17. The number of carbonyl (C=O) groups is 2. The number of rotatable bonds is 2. The normalized spacial score (nSPS) is 14.4. The molecule has 0 bridgehead atoms. The number of aliphatic imine (C=N–C) groups is 1. The van der Waals surface area contributed by atoms with Crippen LogP contribution in [0, 0.1) is 10.1 Å². The highest BCUT2D eigenvalue weighted by atomic mass is 16.6. The first-order chi connectivity index (χ1) is 9.88. The second-order valence-corrected chi connectivity index (χ2v) is 4.63. The lowest BCUT2D eigenvalue weighted by molar-refractivity contribution is -0.384. The van der Waals surface area contributed by atoms with E-state index in [4.69, 9.17) is 0 Å². The summed E-state index contributed by atoms with van der Waals surface area (Å²) in [6, 6.07) is 5.36. The van der Waals surface area contributed by atoms with Gasteiger partial charge in [-0.15, -0.1) is 0 Å². The van der Waals surface area contributed by atoms with Crippen LogP contribution < -0.4 is 0 Å². The zero-order chi connectivity index (χ0) is 15.6. The van der Waals surface area contributed by atoms with Crippen LogP contribution in [0.15, 0.2) is 52.6 Å². The highest BCUT2D eigenvalue weighted by Crippen LogP contribution is 2.16. The SMILES string of the molecule is CC1=CC(=NC(=O)c2cccc([N+](=O)[O-])c2)C=C(C)C1=O. The van der Waals surface area contributed by atoms with Gasteiger partial charge in [0.2, 0.25) is 0 Å². The van der Waals surface area contributed by atoms with E-state index in [0.29, 0.717) is 16.9 Å². The Labute approximate surface area is 120 Å². The molecule has 0 fully saturated rings. The van der Waals surface area contributed by atoms with Crippen LogP contribution in [0.1, 0.15) is 24.2 Å². The number of hydrogen-bond donors (Lipinski definition) is 0. The fourth-order valence-corrected chi connectivity index (χ4v) is 1.93. The summed E-state index contributed by atoms with van der Waals surface area (Å²) in [6.45, 7) is 3.29. The number of nitro benzene ring substituents is 1. The van der Waals surface area contributed by atoms with Crippen molar-refractivity contribution in [1.29, 1.82) is 0 Å². The van der Waals surface area contributed by atoms with Crippen LogP contribution in [-0.4, -0.2) is 22.3 Å². The van der Waals surface area contributed by atoms with E-state index in [1.807, 2.05) is 0 Å². The van der Waals surface area contributed by atoms with E-state index in [-0.39, 0.29) is 17.0 Å². The molecular weight excluding hydrogens is 272 g/mol. The van der Waals surface area contributed by atoms with Gasteiger partial charge in [0.25, 0.3) is 11.6 Å². The monoisotopic (exact) mass is 284 g/mol. The number of non-ortho nitro benzene ring substituents is 1. The molecule has 21 heavy (non-hydrogen) atoms. The Bertz CT molecular complexity index is 718. The molecule has 0 aliphatic heterocycles. The Balaban J connectivity index is 2.34. The van der Waals surface area contributed by atoms with Gasteiger partial charge in [0.1, 0.15) is 0 Å². The lowest BCUT2D eigenvalue weighted by Gasteiger charge is -2.08. The second kappa shape index (κ2) is 5.62. The number of carbonyl (C=O) groups excluding carboxylic acids is 2. The van der Waals surface area contributed by atoms with Crippen LogP contribution in [0.5, 0.6) is 0 Å². The second-order valence-electron chi connectivity index (χ2n) is 4.63. The minimum absolute atomic E-state index is 0.0863. The number of ketones is 1. The molecule has 2 rings (SSSR count). The molecule has 1 aromatic carbocycles. The smallest absolute Gasteiger partial charge is 0.277 e. The van der Waals surface area contributed by atoms with Crippen molar-refractivity contribution in [2.24, 2.45) is 4.99 Å². The van der Waals surface area contributed by atoms with Gasteiger partial charge in [0.15, 0.2) is 5.78 Å². The Morgan fingerprint density at radius 3 is 2.38 bits per heavy atom. The van der Waals surface area contributed by atoms with Gasteiger partial charge < -0.3 is 0 Å². The number of nitro groups is 1. The minimum atomic E-state index is -0.587. The van der Waals surface area contributed by atoms with Crippen molar-refractivity contribution >= 4 is 23.1 Å². The van der Waals surface area contributed by atoms with Gasteiger partial charge >= 0.3 is 0 Å². The van der Waals surface area contributed by atoms with Crippen molar-refractivity contribution in [3.63, 3.8) is 0 Å². The van der Waals surface area contributed by atoms with Gasteiger partial charge in [-0.1, -0.05) is 6.07 Å². The van der Waals surface area contributed by atoms with Crippen LogP contribution >= 0.6 is 0 Å². The Hall–Kier alpha value is -2.89. The summed E-state index contributed by atoms with van der Waals surface area (Å²) in [5.41, 5.74) is 1.33. The number of nitrogens with zero attached hydrogens (tertiary/aromatic N) is 2. The zero-order valence-electron chi connectivity index (χ0n) is 11.5. The van der Waals surface area contributed by atoms with E-state index in [0.717, 1.165) is 0 Å². The van der Waals surface area contributed by atoms with Crippen molar-refractivity contribution < 1.29 is 14.5 Å². The Kier molecular flexibility index (Phi) is 3.89. The molecule has 1 aliphatic rings. The molecule has 0 radical (unpaired) electrons. The molecule has 0 aromatic heterocycles. The van der Waals surface area contributed by atoms with E-state index in [9.17, 15) is 19.7 Å². The van der Waals surface area contributed by atoms with Gasteiger partial charge in [-0.05, 0) is 43.2 Å². The third-order valence-corrected chi connectivity index (χ3v) is 2.98. The van der Waals surface area contributed by atoms with Crippen molar-refractivity contribution in [3.8, 4) is 0 Å². The fraction of sp³-hybridized carbons (Fsp3) is 0.133. The van der Waals surface area contributed by atoms with Gasteiger partial charge in [0.05, 0.1) is 10.6 Å². The maximum Gasteiger partial charge on any atom is 0.277 e. The number of hydrogen-bond acceptors (Lipinski definition) is 4. The molecule has 1 aromatic rings. The van der Waals surface area contributed by atoms with Crippen molar-refractivity contribution in [1.82, 2.24) is 0 Å². The first kappa shape index (κ1) is 14.5. The molecule has 0 saturated carbocycles. The quantitative estimate of drug-likeness (QED) is 0.474. The molecular formula is C15H12N2O4. The molecule has 0 atom stereocenters. The summed E-state index contributed by atoms with van der Waals surface area (Å²) < 4.78 is 0. The number of Topliss-reactive ketones (excluding diaryl/α,β-unsaturated/α-hetero) is 1. The summed E-state index contributed by atoms with van der Waals surface area (Å²) >= 11 is 0. The molecule has 0 spiro atoms. The maximum atomic E-state index is 12.0. The largest absolute Gasteiger partial charge is 0.289 e. The lowest BCUT2D eigenvalue weighted by Crippen LogP contribution is -2.12. The van der Waals surface area contributed by atoms with Crippen molar-refractivity contribution in [2.75, 3.05) is 0 Å². The molecule has 0 N–H and O–H groups in total. The standard InChI is InChI=1S/C15H12N2O4/c1-9-6-12(7-10(2)14(9)18)16-15(19)11-4-3-5-13(8-11)17(20)21/h3-8H,1-2H3. The highest BCUT2D eigenvalue weighted by Gasteiger charge is 2.16. The van der Waals surface area contributed by atoms with Gasteiger partial charge in [-0.3, -0.25) is 19.7 Å². The molecule has 1 aliphatic carbocycles. The predicted molar refractivity (Wildman–Crippen MR) is 77.4 cm³/mol. The van der Waals surface area contributed by atoms with E-state index in [1.165, 1.54) is 36.4 Å². The summed E-state index contributed by atoms with van der Waals surface area (Å²) in [4.78, 5) is 37.6. The van der Waals surface area contributed by atoms with Crippen LogP contribution in [0.4, 0.5) is 5.69 Å². The molecule has 6 nitrogen and oxygen atoms in total. The Morgan fingerprint density at radius 1 is 1.19 bits per heavy atom. The molecule has 106 valence electrons. The summed E-state index contributed by atoms with van der Waals surface area (Å²) in [5, 5.41) is 10.7.